The van der Waals surface area contributed by atoms with Gasteiger partial charge in [0.2, 0.25) is 0 Å². The van der Waals surface area contributed by atoms with Crippen LogP contribution in [0.2, 0.25) is 5.15 Å². The van der Waals surface area contributed by atoms with Crippen molar-refractivity contribution in [3.05, 3.63) is 82.1 Å². The highest BCUT2D eigenvalue weighted by Crippen LogP contribution is 2.28. The van der Waals surface area contributed by atoms with Gasteiger partial charge in [0.15, 0.2) is 5.82 Å². The average Bonchev–Trinajstić information content (AvgIpc) is 2.69. The Morgan fingerprint density at radius 2 is 1.73 bits per heavy atom. The highest BCUT2D eigenvalue weighted by atomic mass is 35.5. The largest absolute Gasteiger partial charge is 0.294 e. The number of fused-ring (bicyclic) bond motifs is 1. The lowest BCUT2D eigenvalue weighted by Crippen LogP contribution is -2.31. The van der Waals surface area contributed by atoms with Crippen LogP contribution in [-0.2, 0) is 25.9 Å². The molecule has 3 nitrogen and oxygen atoms in total. The molecule has 0 fully saturated rings. The highest BCUT2D eigenvalue weighted by Gasteiger charge is 2.22. The Bertz CT molecular complexity index is 891. The first-order valence-corrected chi connectivity index (χ1v) is 9.51. The van der Waals surface area contributed by atoms with Crippen molar-refractivity contribution in [1.82, 2.24) is 14.9 Å². The molecular weight excluding hydrogens is 342 g/mol. The fraction of sp³-hybridized carbons (Fsp3) is 0.273. The van der Waals surface area contributed by atoms with Crippen molar-refractivity contribution in [2.45, 2.75) is 32.9 Å². The maximum atomic E-state index is 6.55. The number of halogens is 1. The minimum atomic E-state index is 0.585. The first-order valence-electron chi connectivity index (χ1n) is 9.14. The number of aryl methyl sites for hydroxylation is 1. The van der Waals surface area contributed by atoms with Gasteiger partial charge in [-0.25, -0.2) is 9.97 Å². The second-order valence-electron chi connectivity index (χ2n) is 6.76. The number of hydrogen-bond donors (Lipinski definition) is 0. The summed E-state index contributed by atoms with van der Waals surface area (Å²) >= 11 is 6.55. The number of hydrogen-bond acceptors (Lipinski definition) is 3. The van der Waals surface area contributed by atoms with E-state index in [1.54, 1.807) is 0 Å². The molecule has 3 aromatic rings. The van der Waals surface area contributed by atoms with Gasteiger partial charge >= 0.3 is 0 Å². The van der Waals surface area contributed by atoms with E-state index in [9.17, 15) is 0 Å². The van der Waals surface area contributed by atoms with Gasteiger partial charge in [0.1, 0.15) is 5.15 Å². The van der Waals surface area contributed by atoms with Crippen LogP contribution in [0.15, 0.2) is 54.6 Å². The highest BCUT2D eigenvalue weighted by molar-refractivity contribution is 6.30. The Morgan fingerprint density at radius 3 is 2.46 bits per heavy atom. The lowest BCUT2D eigenvalue weighted by atomic mass is 10.0. The van der Waals surface area contributed by atoms with Crippen LogP contribution in [0.4, 0.5) is 0 Å². The molecule has 0 atom stereocenters. The molecule has 2 aromatic carbocycles. The summed E-state index contributed by atoms with van der Waals surface area (Å²) in [6.45, 7) is 4.88. The minimum Gasteiger partial charge on any atom is -0.294 e. The number of rotatable bonds is 4. The molecule has 1 aromatic heterocycles. The van der Waals surface area contributed by atoms with Gasteiger partial charge in [-0.15, -0.1) is 0 Å². The van der Waals surface area contributed by atoms with Gasteiger partial charge in [0.05, 0.1) is 5.69 Å². The second kappa shape index (κ2) is 7.56. The first kappa shape index (κ1) is 17.2. The normalized spacial score (nSPS) is 14.2. The van der Waals surface area contributed by atoms with Crippen molar-refractivity contribution in [1.29, 1.82) is 0 Å². The topological polar surface area (TPSA) is 29.0 Å². The Balaban J connectivity index is 1.56. The number of benzene rings is 2. The third-order valence-electron chi connectivity index (χ3n) is 4.96. The van der Waals surface area contributed by atoms with Crippen LogP contribution in [0.25, 0.3) is 11.4 Å². The summed E-state index contributed by atoms with van der Waals surface area (Å²) in [5, 5.41) is 0.585. The zero-order chi connectivity index (χ0) is 17.9. The van der Waals surface area contributed by atoms with Gasteiger partial charge in [-0.1, -0.05) is 73.1 Å². The molecule has 0 radical (unpaired) electrons. The van der Waals surface area contributed by atoms with Gasteiger partial charge in [-0.2, -0.15) is 0 Å². The van der Waals surface area contributed by atoms with E-state index in [0.717, 1.165) is 55.1 Å². The molecule has 4 rings (SSSR count). The molecule has 0 spiro atoms. The maximum absolute atomic E-state index is 6.55. The van der Waals surface area contributed by atoms with Crippen molar-refractivity contribution in [2.24, 2.45) is 0 Å². The third-order valence-corrected chi connectivity index (χ3v) is 5.27. The second-order valence-corrected chi connectivity index (χ2v) is 7.12. The molecule has 0 unspecified atom stereocenters. The molecule has 0 aliphatic carbocycles. The quantitative estimate of drug-likeness (QED) is 0.616. The standard InChI is InChI=1S/C22H22ClN3/c1-2-16-8-10-18(11-9-16)22-24-20-12-13-26(15-19(20)21(23)25-22)14-17-6-4-3-5-7-17/h3-11H,2,12-15H2,1H3. The average molecular weight is 364 g/mol. The number of nitrogens with zero attached hydrogens (tertiary/aromatic N) is 3. The Kier molecular flexibility index (Phi) is 5.00. The van der Waals surface area contributed by atoms with E-state index in [0.29, 0.717) is 5.15 Å². The molecule has 1 aliphatic heterocycles. The van der Waals surface area contributed by atoms with Crippen LogP contribution in [0.3, 0.4) is 0 Å². The molecule has 1 aliphatic rings. The molecule has 0 saturated carbocycles. The third kappa shape index (κ3) is 3.64. The van der Waals surface area contributed by atoms with E-state index in [2.05, 4.69) is 65.3 Å². The van der Waals surface area contributed by atoms with Crippen molar-refractivity contribution >= 4 is 11.6 Å². The van der Waals surface area contributed by atoms with Crippen LogP contribution in [0, 0.1) is 0 Å². The van der Waals surface area contributed by atoms with E-state index in [1.165, 1.54) is 11.1 Å². The van der Waals surface area contributed by atoms with E-state index in [4.69, 9.17) is 16.6 Å². The minimum absolute atomic E-state index is 0.585. The van der Waals surface area contributed by atoms with Gasteiger partial charge < -0.3 is 0 Å². The predicted molar refractivity (Wildman–Crippen MR) is 106 cm³/mol. The van der Waals surface area contributed by atoms with Gasteiger partial charge in [-0.05, 0) is 17.5 Å². The Morgan fingerprint density at radius 1 is 0.962 bits per heavy atom. The summed E-state index contributed by atoms with van der Waals surface area (Å²) in [7, 11) is 0. The van der Waals surface area contributed by atoms with Crippen LogP contribution in [0.1, 0.15) is 29.3 Å². The van der Waals surface area contributed by atoms with Crippen LogP contribution < -0.4 is 0 Å². The van der Waals surface area contributed by atoms with Crippen LogP contribution in [-0.4, -0.2) is 21.4 Å². The lowest BCUT2D eigenvalue weighted by molar-refractivity contribution is 0.243. The van der Waals surface area contributed by atoms with Crippen molar-refractivity contribution in [3.63, 3.8) is 0 Å². The molecular formula is C22H22ClN3. The summed E-state index contributed by atoms with van der Waals surface area (Å²) in [6.07, 6.45) is 1.94. The fourth-order valence-electron chi connectivity index (χ4n) is 3.42. The fourth-order valence-corrected chi connectivity index (χ4v) is 3.67. The smallest absolute Gasteiger partial charge is 0.161 e. The summed E-state index contributed by atoms with van der Waals surface area (Å²) in [5.74, 6) is 0.730. The van der Waals surface area contributed by atoms with Crippen LogP contribution >= 0.6 is 11.6 Å². The summed E-state index contributed by atoms with van der Waals surface area (Å²) in [4.78, 5) is 11.8. The van der Waals surface area contributed by atoms with E-state index in [-0.39, 0.29) is 0 Å². The lowest BCUT2D eigenvalue weighted by Gasteiger charge is -2.28. The predicted octanol–water partition coefficient (Wildman–Crippen LogP) is 4.92. The Hall–Kier alpha value is -2.23. The molecule has 2 heterocycles. The van der Waals surface area contributed by atoms with Crippen molar-refractivity contribution < 1.29 is 0 Å². The van der Waals surface area contributed by atoms with E-state index in [1.807, 2.05) is 6.07 Å². The van der Waals surface area contributed by atoms with E-state index < -0.39 is 0 Å². The monoisotopic (exact) mass is 363 g/mol. The zero-order valence-corrected chi connectivity index (χ0v) is 15.7. The van der Waals surface area contributed by atoms with Gasteiger partial charge in [-0.3, -0.25) is 4.90 Å². The molecule has 132 valence electrons. The summed E-state index contributed by atoms with van der Waals surface area (Å²) in [5.41, 5.74) is 5.82. The van der Waals surface area contributed by atoms with Crippen molar-refractivity contribution in [3.8, 4) is 11.4 Å². The number of aromatic nitrogens is 2. The molecule has 26 heavy (non-hydrogen) atoms. The van der Waals surface area contributed by atoms with Gasteiger partial charge in [0.25, 0.3) is 0 Å². The Labute approximate surface area is 159 Å². The maximum Gasteiger partial charge on any atom is 0.161 e. The molecule has 0 N–H and O–H groups in total. The SMILES string of the molecule is CCc1ccc(-c2nc(Cl)c3c(n2)CCN(Cc2ccccc2)C3)cc1. The zero-order valence-electron chi connectivity index (χ0n) is 15.0. The molecule has 0 amide bonds. The molecule has 0 saturated heterocycles. The molecule has 4 heteroatoms. The van der Waals surface area contributed by atoms with Crippen LogP contribution in [0.5, 0.6) is 0 Å². The van der Waals surface area contributed by atoms with Crippen molar-refractivity contribution in [2.75, 3.05) is 6.54 Å². The first-order chi connectivity index (χ1) is 12.7. The van der Waals surface area contributed by atoms with Gasteiger partial charge in [0, 0.05) is 37.2 Å². The summed E-state index contributed by atoms with van der Waals surface area (Å²) < 4.78 is 0. The molecule has 0 bridgehead atoms. The van der Waals surface area contributed by atoms with E-state index >= 15 is 0 Å². The summed E-state index contributed by atoms with van der Waals surface area (Å²) in [6, 6.07) is 19.0.